The number of hydrogen-bond acceptors (Lipinski definition) is 5. The predicted octanol–water partition coefficient (Wildman–Crippen LogP) is 3.70. The first-order chi connectivity index (χ1) is 16.5. The van der Waals surface area contributed by atoms with E-state index in [4.69, 9.17) is 4.74 Å². The third kappa shape index (κ3) is 4.99. The van der Waals surface area contributed by atoms with Gasteiger partial charge in [0, 0.05) is 24.7 Å². The van der Waals surface area contributed by atoms with Gasteiger partial charge in [-0.25, -0.2) is 4.98 Å². The van der Waals surface area contributed by atoms with E-state index in [1.165, 1.54) is 30.2 Å². The summed E-state index contributed by atoms with van der Waals surface area (Å²) in [6.07, 6.45) is 7.62. The second-order valence-electron chi connectivity index (χ2n) is 9.76. The fraction of sp³-hybridized carbons (Fsp3) is 0.444. The van der Waals surface area contributed by atoms with Gasteiger partial charge in [0.1, 0.15) is 18.7 Å². The van der Waals surface area contributed by atoms with Crippen molar-refractivity contribution in [2.45, 2.75) is 45.1 Å². The van der Waals surface area contributed by atoms with Crippen LogP contribution in [0, 0.1) is 12.8 Å². The zero-order valence-electron chi connectivity index (χ0n) is 19.9. The van der Waals surface area contributed by atoms with E-state index in [1.54, 1.807) is 18.2 Å². The standard InChI is InChI=1S/C27H32N4O3/c1-18-6-7-20(26(32)29-21-8-9-21)14-25(18)31-17-28-24-11-10-22(15-23(24)27(31)33)34-13-12-30(2)16-19-4-3-5-19/h6-7,10-11,14-15,17,19,21H,3-5,8-9,12-13,16H2,1-2H3,(H,29,32). The molecule has 0 aliphatic heterocycles. The second kappa shape index (κ2) is 9.58. The summed E-state index contributed by atoms with van der Waals surface area (Å²) in [6, 6.07) is 11.2. The van der Waals surface area contributed by atoms with E-state index in [0.29, 0.717) is 34.5 Å². The molecule has 2 aliphatic carbocycles. The Hall–Kier alpha value is -3.19. The Morgan fingerprint density at radius 3 is 2.74 bits per heavy atom. The molecule has 2 saturated carbocycles. The third-order valence-corrected chi connectivity index (χ3v) is 6.91. The summed E-state index contributed by atoms with van der Waals surface area (Å²) in [4.78, 5) is 32.7. The first kappa shape index (κ1) is 22.6. The van der Waals surface area contributed by atoms with Crippen LogP contribution in [-0.4, -0.2) is 53.1 Å². The molecule has 0 radical (unpaired) electrons. The highest BCUT2D eigenvalue weighted by molar-refractivity contribution is 5.95. The fourth-order valence-corrected chi connectivity index (χ4v) is 4.40. The van der Waals surface area contributed by atoms with Crippen LogP contribution in [0.25, 0.3) is 16.6 Å². The van der Waals surface area contributed by atoms with Crippen molar-refractivity contribution in [1.82, 2.24) is 19.8 Å². The number of aromatic nitrogens is 2. The van der Waals surface area contributed by atoms with Gasteiger partial charge in [-0.1, -0.05) is 12.5 Å². The smallest absolute Gasteiger partial charge is 0.265 e. The minimum atomic E-state index is -0.180. The second-order valence-corrected chi connectivity index (χ2v) is 9.76. The number of carbonyl (C=O) groups is 1. The maximum atomic E-state index is 13.4. The van der Waals surface area contributed by atoms with Crippen LogP contribution < -0.4 is 15.6 Å². The molecule has 0 saturated heterocycles. The molecule has 7 heteroatoms. The molecule has 0 unspecified atom stereocenters. The van der Waals surface area contributed by atoms with Crippen LogP contribution in [0.5, 0.6) is 5.75 Å². The minimum Gasteiger partial charge on any atom is -0.492 e. The summed E-state index contributed by atoms with van der Waals surface area (Å²) in [7, 11) is 2.13. The van der Waals surface area contributed by atoms with Crippen molar-refractivity contribution < 1.29 is 9.53 Å². The van der Waals surface area contributed by atoms with E-state index in [-0.39, 0.29) is 17.5 Å². The van der Waals surface area contributed by atoms with E-state index < -0.39 is 0 Å². The van der Waals surface area contributed by atoms with E-state index in [9.17, 15) is 9.59 Å². The van der Waals surface area contributed by atoms with Gasteiger partial charge in [-0.15, -0.1) is 0 Å². The lowest BCUT2D eigenvalue weighted by molar-refractivity contribution is 0.0951. The van der Waals surface area contributed by atoms with Crippen molar-refractivity contribution in [2.24, 2.45) is 5.92 Å². The average molecular weight is 461 g/mol. The van der Waals surface area contributed by atoms with E-state index >= 15 is 0 Å². The summed E-state index contributed by atoms with van der Waals surface area (Å²) in [5, 5.41) is 3.50. The molecule has 1 heterocycles. The number of rotatable bonds is 9. The normalized spacial score (nSPS) is 16.0. The maximum absolute atomic E-state index is 13.4. The maximum Gasteiger partial charge on any atom is 0.265 e. The van der Waals surface area contributed by atoms with Crippen LogP contribution in [0.15, 0.2) is 47.5 Å². The Bertz CT molecular complexity index is 1260. The Labute approximate surface area is 199 Å². The largest absolute Gasteiger partial charge is 0.492 e. The monoisotopic (exact) mass is 460 g/mol. The molecule has 1 amide bonds. The molecule has 34 heavy (non-hydrogen) atoms. The molecule has 178 valence electrons. The number of amides is 1. The molecule has 2 aromatic carbocycles. The zero-order chi connectivity index (χ0) is 23.7. The summed E-state index contributed by atoms with van der Waals surface area (Å²) in [5.41, 5.74) is 2.54. The van der Waals surface area contributed by atoms with Gasteiger partial charge in [0.05, 0.1) is 16.6 Å². The van der Waals surface area contributed by atoms with Gasteiger partial charge in [-0.3, -0.25) is 14.2 Å². The summed E-state index contributed by atoms with van der Waals surface area (Å²) in [5.74, 6) is 1.39. The van der Waals surface area contributed by atoms with E-state index in [0.717, 1.165) is 37.4 Å². The number of hydrogen-bond donors (Lipinski definition) is 1. The Morgan fingerprint density at radius 1 is 1.18 bits per heavy atom. The van der Waals surface area contributed by atoms with Crippen molar-refractivity contribution >= 4 is 16.8 Å². The number of benzene rings is 2. The Morgan fingerprint density at radius 2 is 2.00 bits per heavy atom. The topological polar surface area (TPSA) is 76.5 Å². The SMILES string of the molecule is Cc1ccc(C(=O)NC2CC2)cc1-n1cnc2ccc(OCCN(C)CC3CCC3)cc2c1=O. The lowest BCUT2D eigenvalue weighted by Crippen LogP contribution is -2.32. The van der Waals surface area contributed by atoms with Crippen LogP contribution in [0.1, 0.15) is 48.0 Å². The van der Waals surface area contributed by atoms with Gasteiger partial charge in [-0.2, -0.15) is 0 Å². The van der Waals surface area contributed by atoms with Crippen LogP contribution in [0.2, 0.25) is 0 Å². The van der Waals surface area contributed by atoms with Gasteiger partial charge in [-0.05, 0) is 81.5 Å². The molecular formula is C27H32N4O3. The molecule has 1 aromatic heterocycles. The Kier molecular flexibility index (Phi) is 6.37. The lowest BCUT2D eigenvalue weighted by Gasteiger charge is -2.30. The average Bonchev–Trinajstić information content (AvgIpc) is 3.61. The molecule has 0 atom stereocenters. The van der Waals surface area contributed by atoms with Crippen LogP contribution in [-0.2, 0) is 0 Å². The molecule has 0 bridgehead atoms. The van der Waals surface area contributed by atoms with Gasteiger partial charge in [0.2, 0.25) is 0 Å². The molecule has 2 fully saturated rings. The number of fused-ring (bicyclic) bond motifs is 1. The third-order valence-electron chi connectivity index (χ3n) is 6.91. The van der Waals surface area contributed by atoms with Gasteiger partial charge in [0.15, 0.2) is 0 Å². The number of aryl methyl sites for hydroxylation is 1. The van der Waals surface area contributed by atoms with Crippen molar-refractivity contribution in [3.8, 4) is 11.4 Å². The van der Waals surface area contributed by atoms with Gasteiger partial charge in [0.25, 0.3) is 11.5 Å². The van der Waals surface area contributed by atoms with Crippen molar-refractivity contribution in [2.75, 3.05) is 26.7 Å². The number of ether oxygens (including phenoxy) is 1. The highest BCUT2D eigenvalue weighted by Gasteiger charge is 2.24. The Balaban J connectivity index is 1.35. The van der Waals surface area contributed by atoms with Crippen molar-refractivity contribution in [3.05, 3.63) is 64.2 Å². The lowest BCUT2D eigenvalue weighted by atomic mass is 9.85. The first-order valence-electron chi connectivity index (χ1n) is 12.2. The molecule has 1 N–H and O–H groups in total. The van der Waals surface area contributed by atoms with Crippen LogP contribution >= 0.6 is 0 Å². The van der Waals surface area contributed by atoms with Gasteiger partial charge < -0.3 is 15.0 Å². The molecule has 2 aliphatic rings. The minimum absolute atomic E-state index is 0.108. The van der Waals surface area contributed by atoms with Crippen LogP contribution in [0.3, 0.4) is 0 Å². The first-order valence-corrected chi connectivity index (χ1v) is 12.2. The van der Waals surface area contributed by atoms with Crippen molar-refractivity contribution in [1.29, 1.82) is 0 Å². The summed E-state index contributed by atoms with van der Waals surface area (Å²) < 4.78 is 7.48. The summed E-state index contributed by atoms with van der Waals surface area (Å²) in [6.45, 7) is 4.46. The molecule has 3 aromatic rings. The highest BCUT2D eigenvalue weighted by atomic mass is 16.5. The van der Waals surface area contributed by atoms with E-state index in [1.807, 2.05) is 25.1 Å². The predicted molar refractivity (Wildman–Crippen MR) is 133 cm³/mol. The molecule has 5 rings (SSSR count). The quantitative estimate of drug-likeness (QED) is 0.527. The van der Waals surface area contributed by atoms with Gasteiger partial charge >= 0.3 is 0 Å². The molecule has 0 spiro atoms. The molecule has 7 nitrogen and oxygen atoms in total. The van der Waals surface area contributed by atoms with E-state index in [2.05, 4.69) is 22.2 Å². The number of nitrogens with zero attached hydrogens (tertiary/aromatic N) is 3. The summed E-state index contributed by atoms with van der Waals surface area (Å²) >= 11 is 0. The van der Waals surface area contributed by atoms with Crippen molar-refractivity contribution in [3.63, 3.8) is 0 Å². The van der Waals surface area contributed by atoms with Crippen LogP contribution in [0.4, 0.5) is 0 Å². The zero-order valence-corrected chi connectivity index (χ0v) is 19.9. The molecular weight excluding hydrogens is 428 g/mol. The number of nitrogens with one attached hydrogen (secondary N) is 1. The number of likely N-dealkylation sites (N-methyl/N-ethyl adjacent to an activating group) is 1. The number of carbonyl (C=O) groups excluding carboxylic acids is 1. The highest BCUT2D eigenvalue weighted by Crippen LogP contribution is 2.26. The fourth-order valence-electron chi connectivity index (χ4n) is 4.40.